The van der Waals surface area contributed by atoms with E-state index in [0.29, 0.717) is 0 Å². The van der Waals surface area contributed by atoms with Gasteiger partial charge in [-0.25, -0.2) is 4.98 Å². The zero-order valence-corrected chi connectivity index (χ0v) is 13.8. The minimum absolute atomic E-state index is 0.439. The van der Waals surface area contributed by atoms with E-state index >= 15 is 0 Å². The largest absolute Gasteiger partial charge is 0.219 e. The number of para-hydroxylation sites is 1. The second-order valence-corrected chi connectivity index (χ2v) is 7.67. The number of halogens is 1. The molecule has 0 aliphatic rings. The summed E-state index contributed by atoms with van der Waals surface area (Å²) in [6.07, 6.45) is 0. The van der Waals surface area contributed by atoms with E-state index in [4.69, 9.17) is 0 Å². The van der Waals surface area contributed by atoms with Crippen LogP contribution in [0.15, 0.2) is 91.0 Å². The molecule has 1 heterocycles. The Morgan fingerprint density at radius 2 is 1.25 bits per heavy atom. The quantitative estimate of drug-likeness (QED) is 0.406. The molecule has 116 valence electrons. The van der Waals surface area contributed by atoms with Gasteiger partial charge in [-0.3, -0.25) is 0 Å². The molecule has 0 spiro atoms. The van der Waals surface area contributed by atoms with Crippen molar-refractivity contribution in [2.45, 2.75) is 0 Å². The molecular formula is C21H15FNP. The first kappa shape index (κ1) is 15.0. The lowest BCUT2D eigenvalue weighted by Crippen LogP contribution is -2.21. The summed E-state index contributed by atoms with van der Waals surface area (Å²) in [5.41, 5.74) is 0.747. The SMILES string of the molecule is Fc1ccc2cccc(P(c3ccccc3)c3ccccc3)c2n1. The van der Waals surface area contributed by atoms with Crippen LogP contribution in [-0.2, 0) is 0 Å². The lowest BCUT2D eigenvalue weighted by molar-refractivity contribution is 0.589. The van der Waals surface area contributed by atoms with E-state index in [1.165, 1.54) is 16.7 Å². The summed E-state index contributed by atoms with van der Waals surface area (Å²) in [6.45, 7) is 0. The molecule has 0 saturated heterocycles. The lowest BCUT2D eigenvalue weighted by atomic mass is 10.2. The molecule has 0 radical (unpaired) electrons. The van der Waals surface area contributed by atoms with Crippen molar-refractivity contribution in [1.82, 2.24) is 4.98 Å². The van der Waals surface area contributed by atoms with Crippen LogP contribution in [0, 0.1) is 5.95 Å². The van der Waals surface area contributed by atoms with Crippen molar-refractivity contribution < 1.29 is 4.39 Å². The standard InChI is InChI=1S/C21H15FNP/c22-20-15-14-16-8-7-13-19(21(16)23-20)24(17-9-3-1-4-10-17)18-11-5-2-6-12-18/h1-15H. The van der Waals surface area contributed by atoms with Gasteiger partial charge in [0.05, 0.1) is 5.52 Å². The fraction of sp³-hybridized carbons (Fsp3) is 0. The molecule has 0 saturated carbocycles. The predicted octanol–water partition coefficient (Wildman–Crippen LogP) is 4.13. The van der Waals surface area contributed by atoms with E-state index in [-0.39, 0.29) is 0 Å². The summed E-state index contributed by atoms with van der Waals surface area (Å²) < 4.78 is 13.8. The van der Waals surface area contributed by atoms with Gasteiger partial charge >= 0.3 is 0 Å². The number of pyridine rings is 1. The van der Waals surface area contributed by atoms with Gasteiger partial charge in [-0.1, -0.05) is 78.9 Å². The van der Waals surface area contributed by atoms with Crippen LogP contribution < -0.4 is 15.9 Å². The number of rotatable bonds is 3. The normalized spacial score (nSPS) is 11.1. The molecule has 0 unspecified atom stereocenters. The first-order valence-electron chi connectivity index (χ1n) is 7.78. The smallest absolute Gasteiger partial charge is 0.213 e. The molecule has 0 N–H and O–H groups in total. The summed E-state index contributed by atoms with van der Waals surface area (Å²) in [6, 6.07) is 30.1. The Bertz CT molecular complexity index is 931. The van der Waals surface area contributed by atoms with E-state index in [1.807, 2.05) is 48.5 Å². The molecule has 0 atom stereocenters. The van der Waals surface area contributed by atoms with Crippen LogP contribution in [0.1, 0.15) is 0 Å². The topological polar surface area (TPSA) is 12.9 Å². The third-order valence-corrected chi connectivity index (χ3v) is 6.41. The molecule has 4 aromatic rings. The second-order valence-electron chi connectivity index (χ2n) is 5.49. The summed E-state index contributed by atoms with van der Waals surface area (Å²) in [5.74, 6) is -0.439. The fourth-order valence-corrected chi connectivity index (χ4v) is 5.29. The van der Waals surface area contributed by atoms with Crippen molar-refractivity contribution in [2.24, 2.45) is 0 Å². The average molecular weight is 331 g/mol. The lowest BCUT2D eigenvalue weighted by Gasteiger charge is -2.20. The third kappa shape index (κ3) is 2.81. The van der Waals surface area contributed by atoms with Crippen LogP contribution >= 0.6 is 7.92 Å². The highest BCUT2D eigenvalue weighted by molar-refractivity contribution is 7.80. The Hall–Kier alpha value is -2.57. The number of aromatic nitrogens is 1. The molecule has 3 heteroatoms. The number of nitrogens with zero attached hydrogens (tertiary/aromatic N) is 1. The second kappa shape index (κ2) is 6.51. The van der Waals surface area contributed by atoms with Crippen molar-refractivity contribution in [2.75, 3.05) is 0 Å². The number of hydrogen-bond acceptors (Lipinski definition) is 1. The minimum atomic E-state index is -0.787. The minimum Gasteiger partial charge on any atom is -0.219 e. The van der Waals surface area contributed by atoms with Crippen molar-refractivity contribution in [3.8, 4) is 0 Å². The maximum atomic E-state index is 13.8. The highest BCUT2D eigenvalue weighted by atomic mass is 31.1. The van der Waals surface area contributed by atoms with Gasteiger partial charge in [0.25, 0.3) is 0 Å². The number of benzene rings is 3. The molecular weight excluding hydrogens is 316 g/mol. The van der Waals surface area contributed by atoms with Crippen molar-refractivity contribution in [3.63, 3.8) is 0 Å². The number of hydrogen-bond donors (Lipinski definition) is 0. The monoisotopic (exact) mass is 331 g/mol. The Balaban J connectivity index is 2.00. The maximum absolute atomic E-state index is 13.8. The van der Waals surface area contributed by atoms with Gasteiger partial charge < -0.3 is 0 Å². The summed E-state index contributed by atoms with van der Waals surface area (Å²) >= 11 is 0. The Morgan fingerprint density at radius 1 is 0.625 bits per heavy atom. The zero-order chi connectivity index (χ0) is 16.4. The van der Waals surface area contributed by atoms with Crippen LogP contribution in [0.5, 0.6) is 0 Å². The Labute approximate surface area is 141 Å². The van der Waals surface area contributed by atoms with Gasteiger partial charge in [0, 0.05) is 10.7 Å². The van der Waals surface area contributed by atoms with E-state index in [0.717, 1.165) is 16.2 Å². The molecule has 0 amide bonds. The molecule has 0 bridgehead atoms. The number of fused-ring (bicyclic) bond motifs is 1. The first-order valence-corrected chi connectivity index (χ1v) is 9.12. The van der Waals surface area contributed by atoms with Crippen molar-refractivity contribution in [1.29, 1.82) is 0 Å². The van der Waals surface area contributed by atoms with Crippen LogP contribution in [0.3, 0.4) is 0 Å². The summed E-state index contributed by atoms with van der Waals surface area (Å²) in [4.78, 5) is 4.20. The molecule has 1 aromatic heterocycles. The van der Waals surface area contributed by atoms with Gasteiger partial charge in [-0.15, -0.1) is 0 Å². The highest BCUT2D eigenvalue weighted by Gasteiger charge is 2.19. The highest BCUT2D eigenvalue weighted by Crippen LogP contribution is 2.35. The van der Waals surface area contributed by atoms with E-state index in [9.17, 15) is 4.39 Å². The molecule has 24 heavy (non-hydrogen) atoms. The molecule has 0 fully saturated rings. The average Bonchev–Trinajstić information content (AvgIpc) is 2.64. The Kier molecular flexibility index (Phi) is 4.06. The van der Waals surface area contributed by atoms with Crippen LogP contribution in [0.4, 0.5) is 4.39 Å². The summed E-state index contributed by atoms with van der Waals surface area (Å²) in [7, 11) is -0.787. The van der Waals surface area contributed by atoms with Crippen LogP contribution in [0.2, 0.25) is 0 Å². The fourth-order valence-electron chi connectivity index (χ4n) is 2.87. The predicted molar refractivity (Wildman–Crippen MR) is 100 cm³/mol. The van der Waals surface area contributed by atoms with Gasteiger partial charge in [0.1, 0.15) is 0 Å². The van der Waals surface area contributed by atoms with Crippen LogP contribution in [0.25, 0.3) is 10.9 Å². The molecule has 0 aliphatic heterocycles. The molecule has 1 nitrogen and oxygen atoms in total. The van der Waals surface area contributed by atoms with Crippen molar-refractivity contribution in [3.05, 3.63) is 96.9 Å². The maximum Gasteiger partial charge on any atom is 0.213 e. The van der Waals surface area contributed by atoms with E-state index < -0.39 is 13.9 Å². The van der Waals surface area contributed by atoms with Gasteiger partial charge in [0.2, 0.25) is 5.95 Å². The third-order valence-electron chi connectivity index (χ3n) is 3.93. The summed E-state index contributed by atoms with van der Waals surface area (Å²) in [5, 5.41) is 4.52. The molecule has 0 aliphatic carbocycles. The first-order chi connectivity index (χ1) is 11.8. The van der Waals surface area contributed by atoms with Gasteiger partial charge in [-0.05, 0) is 30.7 Å². The van der Waals surface area contributed by atoms with E-state index in [2.05, 4.69) is 35.3 Å². The van der Waals surface area contributed by atoms with E-state index in [1.54, 1.807) is 6.07 Å². The van der Waals surface area contributed by atoms with Gasteiger partial charge in [0.15, 0.2) is 0 Å². The molecule has 3 aromatic carbocycles. The van der Waals surface area contributed by atoms with Crippen LogP contribution in [-0.4, -0.2) is 4.98 Å². The molecule has 4 rings (SSSR count). The van der Waals surface area contributed by atoms with Gasteiger partial charge in [-0.2, -0.15) is 4.39 Å². The Morgan fingerprint density at radius 3 is 1.88 bits per heavy atom. The van der Waals surface area contributed by atoms with Crippen molar-refractivity contribution >= 4 is 34.7 Å². The zero-order valence-electron chi connectivity index (χ0n) is 12.9.